The number of fused-ring (bicyclic) bond motifs is 7. The number of esters is 1. The summed E-state index contributed by atoms with van der Waals surface area (Å²) in [5.41, 5.74) is 4.89. The highest BCUT2D eigenvalue weighted by atomic mass is 16.5. The molecule has 3 nitrogen and oxygen atoms in total. The van der Waals surface area contributed by atoms with Crippen molar-refractivity contribution in [1.29, 1.82) is 0 Å². The maximum absolute atomic E-state index is 13.5. The molecule has 44 heavy (non-hydrogen) atoms. The van der Waals surface area contributed by atoms with Gasteiger partial charge in [0, 0.05) is 11.5 Å². The van der Waals surface area contributed by atoms with Crippen LogP contribution in [0.25, 0.3) is 0 Å². The molecule has 0 radical (unpaired) electrons. The van der Waals surface area contributed by atoms with Crippen molar-refractivity contribution in [3.05, 3.63) is 53.9 Å². The highest BCUT2D eigenvalue weighted by Crippen LogP contribution is 2.77. The van der Waals surface area contributed by atoms with E-state index in [0.29, 0.717) is 33.6 Å². The Bertz CT molecular complexity index is 1340. The van der Waals surface area contributed by atoms with Crippen molar-refractivity contribution in [2.24, 2.45) is 56.7 Å². The minimum absolute atomic E-state index is 0.0407. The van der Waals surface area contributed by atoms with E-state index >= 15 is 0 Å². The minimum atomic E-state index is -0.166. The molecule has 0 spiro atoms. The topological polar surface area (TPSA) is 30.2 Å². The van der Waals surface area contributed by atoms with Gasteiger partial charge in [-0.05, 0) is 148 Å². The lowest BCUT2D eigenvalue weighted by Gasteiger charge is -2.73. The van der Waals surface area contributed by atoms with Gasteiger partial charge < -0.3 is 4.74 Å². The molecule has 242 valence electrons. The van der Waals surface area contributed by atoms with E-state index in [0.717, 1.165) is 30.7 Å². The summed E-state index contributed by atoms with van der Waals surface area (Å²) in [5.74, 6) is 3.49. The largest absolute Gasteiger partial charge is 0.458 e. The summed E-state index contributed by atoms with van der Waals surface area (Å²) >= 11 is 0. The maximum atomic E-state index is 13.5. The third-order valence-electron chi connectivity index (χ3n) is 15.5. The maximum Gasteiger partial charge on any atom is 0.344 e. The lowest BCUT2D eigenvalue weighted by atomic mass is 9.32. The fourth-order valence-electron chi connectivity index (χ4n) is 12.9. The van der Waals surface area contributed by atoms with Crippen LogP contribution in [0, 0.1) is 56.7 Å². The quantitative estimate of drug-likeness (QED) is 0.191. The molecule has 1 aromatic rings. The van der Waals surface area contributed by atoms with Crippen LogP contribution in [-0.4, -0.2) is 12.1 Å². The molecular weight excluding hydrogens is 538 g/mol. The SMILES string of the molecule is C=C(C)[C@@H]1CC[C@]2(C)CC[C@]3(C)[C@@H](CC[C@@H]4[C@@]5(C)CC[C@H](OC(=O)c6ccc[n+](CC=C(C)C)c6)C(C)(C)[C@@H]5CC[C@]43C)[C@H]12. The molecule has 0 aromatic carbocycles. The van der Waals surface area contributed by atoms with E-state index in [9.17, 15) is 4.79 Å². The van der Waals surface area contributed by atoms with Crippen molar-refractivity contribution in [3.8, 4) is 0 Å². The van der Waals surface area contributed by atoms with E-state index in [1.807, 2.05) is 24.5 Å². The normalized spacial score (nSPS) is 43.9. The highest BCUT2D eigenvalue weighted by Gasteiger charge is 2.70. The van der Waals surface area contributed by atoms with Crippen molar-refractivity contribution < 1.29 is 14.1 Å². The Morgan fingerprint density at radius 1 is 0.909 bits per heavy atom. The number of aromatic nitrogens is 1. The summed E-state index contributed by atoms with van der Waals surface area (Å²) in [6.45, 7) is 27.4. The summed E-state index contributed by atoms with van der Waals surface area (Å²) in [6, 6.07) is 3.87. The summed E-state index contributed by atoms with van der Waals surface area (Å²) < 4.78 is 8.52. The van der Waals surface area contributed by atoms with Crippen LogP contribution in [0.5, 0.6) is 0 Å². The van der Waals surface area contributed by atoms with Gasteiger partial charge in [0.2, 0.25) is 0 Å². The first-order valence-electron chi connectivity index (χ1n) is 18.1. The molecular formula is C41H62NO2+. The van der Waals surface area contributed by atoms with Gasteiger partial charge in [0.05, 0.1) is 0 Å². The van der Waals surface area contributed by atoms with E-state index in [2.05, 4.69) is 79.5 Å². The molecule has 10 atom stereocenters. The Balaban J connectivity index is 1.23. The monoisotopic (exact) mass is 600 g/mol. The number of allylic oxidation sites excluding steroid dienone is 3. The summed E-state index contributed by atoms with van der Waals surface area (Å²) in [4.78, 5) is 13.5. The van der Waals surface area contributed by atoms with E-state index in [-0.39, 0.29) is 22.9 Å². The smallest absolute Gasteiger partial charge is 0.344 e. The fourth-order valence-corrected chi connectivity index (χ4v) is 12.9. The number of hydrogen-bond donors (Lipinski definition) is 0. The molecule has 0 unspecified atom stereocenters. The fraction of sp³-hybridized carbons (Fsp3) is 0.756. The van der Waals surface area contributed by atoms with Crippen LogP contribution in [0.3, 0.4) is 0 Å². The van der Waals surface area contributed by atoms with Gasteiger partial charge in [0.1, 0.15) is 11.7 Å². The molecule has 0 aliphatic heterocycles. The highest BCUT2D eigenvalue weighted by molar-refractivity contribution is 5.88. The van der Waals surface area contributed by atoms with Crippen molar-refractivity contribution in [1.82, 2.24) is 0 Å². The van der Waals surface area contributed by atoms with Gasteiger partial charge in [-0.2, -0.15) is 0 Å². The lowest BCUT2D eigenvalue weighted by Crippen LogP contribution is -2.66. The number of ether oxygens (including phenoxy) is 1. The molecule has 3 heteroatoms. The van der Waals surface area contributed by atoms with Crippen LogP contribution >= 0.6 is 0 Å². The van der Waals surface area contributed by atoms with E-state index < -0.39 is 0 Å². The Morgan fingerprint density at radius 2 is 1.66 bits per heavy atom. The van der Waals surface area contributed by atoms with E-state index in [1.54, 1.807) is 0 Å². The molecule has 0 N–H and O–H groups in total. The number of nitrogens with zero attached hydrogens (tertiary/aromatic N) is 1. The number of carbonyl (C=O) groups excluding carboxylic acids is 1. The third-order valence-corrected chi connectivity index (χ3v) is 15.5. The number of hydrogen-bond acceptors (Lipinski definition) is 2. The first-order chi connectivity index (χ1) is 20.6. The standard InChI is InChI=1S/C41H62NO2/c1-27(2)18-25-42-24-11-12-29(26-42)36(43)44-34-17-20-39(8)32(37(34,5)6)16-21-41(10)33(39)14-13-31-35-30(28(3)4)15-19-38(35,7)22-23-40(31,41)9/h11-12,18,24,26,30-35H,3,13-17,19-23,25H2,1-2,4-10H3/q+1/t30-,31-,32-,33+,34-,35-,38+,39-,40+,41+/m0/s1. The molecule has 0 bridgehead atoms. The Labute approximate surface area is 269 Å². The van der Waals surface area contributed by atoms with Gasteiger partial charge in [-0.15, -0.1) is 0 Å². The van der Waals surface area contributed by atoms with Gasteiger partial charge in [-0.25, -0.2) is 9.36 Å². The third kappa shape index (κ3) is 4.71. The molecule has 1 heterocycles. The van der Waals surface area contributed by atoms with Crippen molar-refractivity contribution in [2.75, 3.05) is 0 Å². The van der Waals surface area contributed by atoms with Gasteiger partial charge >= 0.3 is 5.97 Å². The molecule has 0 amide bonds. The van der Waals surface area contributed by atoms with Crippen molar-refractivity contribution in [3.63, 3.8) is 0 Å². The first-order valence-corrected chi connectivity index (χ1v) is 18.1. The van der Waals surface area contributed by atoms with Crippen LogP contribution < -0.4 is 4.57 Å². The van der Waals surface area contributed by atoms with Crippen molar-refractivity contribution >= 4 is 5.97 Å². The number of pyridine rings is 1. The average Bonchev–Trinajstić information content (AvgIpc) is 3.32. The molecule has 5 fully saturated rings. The molecule has 1 aromatic heterocycles. The first kappa shape index (κ1) is 32.1. The summed E-state index contributed by atoms with van der Waals surface area (Å²) in [7, 11) is 0. The molecule has 5 aliphatic carbocycles. The minimum Gasteiger partial charge on any atom is -0.458 e. The van der Waals surface area contributed by atoms with Crippen LogP contribution in [0.1, 0.15) is 137 Å². The summed E-state index contributed by atoms with van der Waals surface area (Å²) in [5, 5.41) is 0. The van der Waals surface area contributed by atoms with Gasteiger partial charge in [0.25, 0.3) is 0 Å². The van der Waals surface area contributed by atoms with Crippen LogP contribution in [-0.2, 0) is 11.3 Å². The van der Waals surface area contributed by atoms with Crippen LogP contribution in [0.15, 0.2) is 48.3 Å². The van der Waals surface area contributed by atoms with Crippen molar-refractivity contribution in [2.45, 2.75) is 139 Å². The second-order valence-electron chi connectivity index (χ2n) is 18.2. The Hall–Kier alpha value is -1.90. The molecule has 5 aliphatic rings. The van der Waals surface area contributed by atoms with Gasteiger partial charge in [-0.3, -0.25) is 0 Å². The average molecular weight is 601 g/mol. The summed E-state index contributed by atoms with van der Waals surface area (Å²) in [6.07, 6.45) is 19.2. The predicted octanol–water partition coefficient (Wildman–Crippen LogP) is 10.1. The van der Waals surface area contributed by atoms with E-state index in [1.165, 1.54) is 68.9 Å². The zero-order valence-electron chi connectivity index (χ0n) is 29.6. The van der Waals surface area contributed by atoms with Gasteiger partial charge in [0.15, 0.2) is 18.9 Å². The Morgan fingerprint density at radius 3 is 2.36 bits per heavy atom. The number of rotatable bonds is 5. The zero-order valence-corrected chi connectivity index (χ0v) is 29.6. The second-order valence-corrected chi connectivity index (χ2v) is 18.2. The van der Waals surface area contributed by atoms with E-state index in [4.69, 9.17) is 4.74 Å². The Kier molecular flexibility index (Phi) is 7.89. The van der Waals surface area contributed by atoms with Gasteiger partial charge in [-0.1, -0.05) is 59.3 Å². The number of carbonyl (C=O) groups is 1. The lowest BCUT2D eigenvalue weighted by molar-refractivity contribution is -0.687. The van der Waals surface area contributed by atoms with Crippen LogP contribution in [0.4, 0.5) is 0 Å². The predicted molar refractivity (Wildman–Crippen MR) is 180 cm³/mol. The second kappa shape index (κ2) is 10.8. The molecule has 5 saturated carbocycles. The molecule has 0 saturated heterocycles. The van der Waals surface area contributed by atoms with Crippen LogP contribution in [0.2, 0.25) is 0 Å². The molecule has 6 rings (SSSR count). The zero-order chi connectivity index (χ0) is 31.9.